The van der Waals surface area contributed by atoms with E-state index in [9.17, 15) is 10.1 Å². The minimum absolute atomic E-state index is 0.0155. The predicted octanol–water partition coefficient (Wildman–Crippen LogP) is 4.38. The Labute approximate surface area is 146 Å². The van der Waals surface area contributed by atoms with Crippen molar-refractivity contribution >= 4 is 17.5 Å². The van der Waals surface area contributed by atoms with Gasteiger partial charge in [-0.25, -0.2) is 4.98 Å². The fourth-order valence-electron chi connectivity index (χ4n) is 2.40. The van der Waals surface area contributed by atoms with E-state index in [-0.39, 0.29) is 5.78 Å². The molecule has 1 heterocycles. The Morgan fingerprint density at radius 1 is 1.29 bits per heavy atom. The Bertz CT molecular complexity index is 838. The van der Waals surface area contributed by atoms with E-state index in [4.69, 9.17) is 4.74 Å². The van der Waals surface area contributed by atoms with E-state index >= 15 is 0 Å². The van der Waals surface area contributed by atoms with Crippen molar-refractivity contribution in [2.24, 2.45) is 0 Å². The van der Waals surface area contributed by atoms with Gasteiger partial charge in [0.05, 0.1) is 12.7 Å². The molecule has 24 heavy (non-hydrogen) atoms. The highest BCUT2D eigenvalue weighted by Crippen LogP contribution is 2.32. The molecule has 2 aromatic rings. The predicted molar refractivity (Wildman–Crippen MR) is 95.7 cm³/mol. The molecule has 5 heteroatoms. The molecule has 0 radical (unpaired) electrons. The number of thioether (sulfide) groups is 1. The summed E-state index contributed by atoms with van der Waals surface area (Å²) in [5.41, 5.74) is 5.13. The summed E-state index contributed by atoms with van der Waals surface area (Å²) in [6.45, 7) is 7.42. The third kappa shape index (κ3) is 3.60. The number of hydrogen-bond donors (Lipinski definition) is 0. The molecule has 0 aliphatic rings. The van der Waals surface area contributed by atoms with E-state index < -0.39 is 0 Å². The van der Waals surface area contributed by atoms with Crippen LogP contribution in [-0.4, -0.2) is 17.9 Å². The average molecular weight is 340 g/mol. The molecule has 0 aliphatic heterocycles. The number of pyridine rings is 1. The SMILES string of the molecule is COc1ccc(C(C)=O)cc1CSc1nc(C)c(C)c(C)c1C#N. The molecular formula is C19H20N2O2S. The maximum absolute atomic E-state index is 11.6. The van der Waals surface area contributed by atoms with Gasteiger partial charge in [0, 0.05) is 22.6 Å². The summed E-state index contributed by atoms with van der Waals surface area (Å²) in [4.78, 5) is 16.2. The number of carbonyl (C=O) groups is 1. The summed E-state index contributed by atoms with van der Waals surface area (Å²) in [5, 5.41) is 10.2. The van der Waals surface area contributed by atoms with Gasteiger partial charge in [-0.1, -0.05) is 0 Å². The van der Waals surface area contributed by atoms with Gasteiger partial charge in [-0.05, 0) is 57.0 Å². The topological polar surface area (TPSA) is 63.0 Å². The van der Waals surface area contributed by atoms with Crippen LogP contribution in [0.1, 0.15) is 45.2 Å². The van der Waals surface area contributed by atoms with Gasteiger partial charge >= 0.3 is 0 Å². The molecule has 0 atom stereocenters. The number of methoxy groups -OCH3 is 1. The van der Waals surface area contributed by atoms with Gasteiger partial charge in [0.1, 0.15) is 16.8 Å². The molecule has 1 aromatic heterocycles. The number of hydrogen-bond acceptors (Lipinski definition) is 5. The largest absolute Gasteiger partial charge is 0.496 e. The number of benzene rings is 1. The lowest BCUT2D eigenvalue weighted by Gasteiger charge is -2.13. The monoisotopic (exact) mass is 340 g/mol. The molecule has 0 N–H and O–H groups in total. The molecule has 2 rings (SSSR count). The quantitative estimate of drug-likeness (QED) is 0.597. The van der Waals surface area contributed by atoms with E-state index in [2.05, 4.69) is 11.1 Å². The molecule has 0 saturated heterocycles. The van der Waals surface area contributed by atoms with Crippen LogP contribution in [0.25, 0.3) is 0 Å². The van der Waals surface area contributed by atoms with E-state index in [0.29, 0.717) is 21.9 Å². The van der Waals surface area contributed by atoms with Crippen molar-refractivity contribution in [2.75, 3.05) is 7.11 Å². The normalized spacial score (nSPS) is 10.3. The van der Waals surface area contributed by atoms with Gasteiger partial charge in [0.2, 0.25) is 0 Å². The van der Waals surface area contributed by atoms with Gasteiger partial charge in [0.25, 0.3) is 0 Å². The van der Waals surface area contributed by atoms with Crippen LogP contribution in [0.4, 0.5) is 0 Å². The molecule has 0 spiro atoms. The van der Waals surface area contributed by atoms with Crippen LogP contribution in [0, 0.1) is 32.1 Å². The molecule has 0 amide bonds. The highest BCUT2D eigenvalue weighted by molar-refractivity contribution is 7.98. The summed E-state index contributed by atoms with van der Waals surface area (Å²) >= 11 is 1.49. The lowest BCUT2D eigenvalue weighted by molar-refractivity contribution is 0.101. The number of aromatic nitrogens is 1. The fourth-order valence-corrected chi connectivity index (χ4v) is 3.47. The first kappa shape index (κ1) is 18.0. The zero-order chi connectivity index (χ0) is 17.9. The van der Waals surface area contributed by atoms with E-state index in [1.165, 1.54) is 11.8 Å². The number of nitriles is 1. The molecule has 0 unspecified atom stereocenters. The molecule has 0 fully saturated rings. The second-order valence-corrected chi connectivity index (χ2v) is 6.57. The standard InChI is InChI=1S/C19H20N2O2S/c1-11-12(2)17(9-20)19(21-13(11)3)24-10-16-8-15(14(4)22)6-7-18(16)23-5/h6-8H,10H2,1-5H3. The summed E-state index contributed by atoms with van der Waals surface area (Å²) in [5.74, 6) is 1.32. The van der Waals surface area contributed by atoms with E-state index in [0.717, 1.165) is 28.1 Å². The molecule has 124 valence electrons. The van der Waals surface area contributed by atoms with E-state index in [1.54, 1.807) is 26.2 Å². The first-order chi connectivity index (χ1) is 11.4. The minimum Gasteiger partial charge on any atom is -0.496 e. The summed E-state index contributed by atoms with van der Waals surface area (Å²) in [6.07, 6.45) is 0. The van der Waals surface area contributed by atoms with Crippen LogP contribution in [-0.2, 0) is 5.75 Å². The average Bonchev–Trinajstić information content (AvgIpc) is 2.57. The third-order valence-corrected chi connectivity index (χ3v) is 5.15. The van der Waals surface area contributed by atoms with Crippen molar-refractivity contribution in [1.82, 2.24) is 4.98 Å². The summed E-state index contributed by atoms with van der Waals surface area (Å²) in [7, 11) is 1.61. The van der Waals surface area contributed by atoms with Crippen LogP contribution >= 0.6 is 11.8 Å². The van der Waals surface area contributed by atoms with Crippen LogP contribution in [0.5, 0.6) is 5.75 Å². The van der Waals surface area contributed by atoms with Crippen molar-refractivity contribution in [3.63, 3.8) is 0 Å². The molecule has 4 nitrogen and oxygen atoms in total. The zero-order valence-electron chi connectivity index (χ0n) is 14.6. The number of rotatable bonds is 5. The highest BCUT2D eigenvalue weighted by Gasteiger charge is 2.14. The minimum atomic E-state index is 0.0155. The Morgan fingerprint density at radius 3 is 2.58 bits per heavy atom. The first-order valence-corrected chi connectivity index (χ1v) is 8.56. The molecular weight excluding hydrogens is 320 g/mol. The summed E-state index contributed by atoms with van der Waals surface area (Å²) < 4.78 is 5.38. The maximum atomic E-state index is 11.6. The van der Waals surface area contributed by atoms with Gasteiger partial charge in [-0.2, -0.15) is 5.26 Å². The number of carbonyl (C=O) groups excluding carboxylic acids is 1. The molecule has 0 saturated carbocycles. The Kier molecular flexibility index (Phi) is 5.63. The Balaban J connectivity index is 2.37. The van der Waals surface area contributed by atoms with Gasteiger partial charge in [-0.3, -0.25) is 4.79 Å². The van der Waals surface area contributed by atoms with Gasteiger partial charge < -0.3 is 4.74 Å². The first-order valence-electron chi connectivity index (χ1n) is 7.57. The van der Waals surface area contributed by atoms with Gasteiger partial charge in [-0.15, -0.1) is 11.8 Å². The second kappa shape index (κ2) is 7.50. The lowest BCUT2D eigenvalue weighted by atomic mass is 10.1. The van der Waals surface area contributed by atoms with Crippen molar-refractivity contribution in [2.45, 2.75) is 38.5 Å². The van der Waals surface area contributed by atoms with Gasteiger partial charge in [0.15, 0.2) is 5.78 Å². The summed E-state index contributed by atoms with van der Waals surface area (Å²) in [6, 6.07) is 7.66. The number of aryl methyl sites for hydroxylation is 1. The Hall–Kier alpha value is -2.32. The highest BCUT2D eigenvalue weighted by atomic mass is 32.2. The molecule has 0 aliphatic carbocycles. The maximum Gasteiger partial charge on any atom is 0.159 e. The van der Waals surface area contributed by atoms with Crippen LogP contribution < -0.4 is 4.74 Å². The van der Waals surface area contributed by atoms with Crippen LogP contribution in [0.15, 0.2) is 23.2 Å². The fraction of sp³-hybridized carbons (Fsp3) is 0.316. The van der Waals surface area contributed by atoms with Crippen LogP contribution in [0.3, 0.4) is 0 Å². The smallest absolute Gasteiger partial charge is 0.159 e. The Morgan fingerprint density at radius 2 is 2.00 bits per heavy atom. The van der Waals surface area contributed by atoms with Crippen molar-refractivity contribution in [1.29, 1.82) is 5.26 Å². The van der Waals surface area contributed by atoms with Crippen molar-refractivity contribution < 1.29 is 9.53 Å². The van der Waals surface area contributed by atoms with Crippen LogP contribution in [0.2, 0.25) is 0 Å². The molecule has 0 bridgehead atoms. The number of ether oxygens (including phenoxy) is 1. The van der Waals surface area contributed by atoms with Crippen molar-refractivity contribution in [3.8, 4) is 11.8 Å². The molecule has 1 aromatic carbocycles. The number of ketones is 1. The number of Topliss-reactive ketones (excluding diaryl/α,β-unsaturated/α-hetero) is 1. The zero-order valence-corrected chi connectivity index (χ0v) is 15.4. The second-order valence-electron chi connectivity index (χ2n) is 5.61. The van der Waals surface area contributed by atoms with E-state index in [1.807, 2.05) is 26.8 Å². The lowest BCUT2D eigenvalue weighted by Crippen LogP contribution is -2.00. The van der Waals surface area contributed by atoms with Crippen molar-refractivity contribution in [3.05, 3.63) is 51.7 Å². The number of nitrogens with zero attached hydrogens (tertiary/aromatic N) is 2. The third-order valence-electron chi connectivity index (χ3n) is 4.13.